The lowest BCUT2D eigenvalue weighted by atomic mass is 10.0. The zero-order valence-electron chi connectivity index (χ0n) is 17.7. The summed E-state index contributed by atoms with van der Waals surface area (Å²) in [4.78, 5) is 32.0. The van der Waals surface area contributed by atoms with Gasteiger partial charge in [0.1, 0.15) is 11.4 Å². The van der Waals surface area contributed by atoms with Crippen LogP contribution in [-0.4, -0.2) is 28.8 Å². The number of imide groups is 1. The lowest BCUT2D eigenvalue weighted by Gasteiger charge is -2.15. The van der Waals surface area contributed by atoms with Gasteiger partial charge in [-0.25, -0.2) is 0 Å². The molecule has 0 aliphatic carbocycles. The zero-order chi connectivity index (χ0) is 22.0. The predicted octanol–water partition coefficient (Wildman–Crippen LogP) is 4.10. The third-order valence-corrected chi connectivity index (χ3v) is 5.13. The molecule has 1 aliphatic heterocycles. The van der Waals surface area contributed by atoms with Crippen LogP contribution in [0, 0.1) is 13.8 Å². The van der Waals surface area contributed by atoms with Crippen molar-refractivity contribution >= 4 is 23.1 Å². The van der Waals surface area contributed by atoms with E-state index in [1.807, 2.05) is 26.0 Å². The van der Waals surface area contributed by atoms with Crippen molar-refractivity contribution in [2.24, 2.45) is 0 Å². The molecule has 2 amide bonds. The van der Waals surface area contributed by atoms with Crippen LogP contribution < -0.4 is 10.1 Å². The minimum Gasteiger partial charge on any atom is -0.497 e. The number of methoxy groups -OCH3 is 1. The maximum absolute atomic E-state index is 13.4. The van der Waals surface area contributed by atoms with Gasteiger partial charge in [-0.05, 0) is 72.5 Å². The van der Waals surface area contributed by atoms with Gasteiger partial charge < -0.3 is 10.1 Å². The van der Waals surface area contributed by atoms with Crippen molar-refractivity contribution in [3.8, 4) is 5.75 Å². The van der Waals surface area contributed by atoms with E-state index in [2.05, 4.69) is 16.4 Å². The molecule has 0 radical (unpaired) electrons. The fraction of sp³-hybridized carbons (Fsp3) is 0.160. The Morgan fingerprint density at radius 3 is 2.16 bits per heavy atom. The Morgan fingerprint density at radius 1 is 0.903 bits per heavy atom. The van der Waals surface area contributed by atoms with Gasteiger partial charge in [-0.2, -0.15) is 0 Å². The van der Waals surface area contributed by atoms with Gasteiger partial charge in [0.05, 0.1) is 19.2 Å². The van der Waals surface area contributed by atoms with E-state index in [4.69, 9.17) is 4.74 Å². The lowest BCUT2D eigenvalue weighted by Crippen LogP contribution is -2.32. The van der Waals surface area contributed by atoms with Crippen molar-refractivity contribution in [3.63, 3.8) is 0 Å². The third kappa shape index (κ3) is 4.19. The molecule has 31 heavy (non-hydrogen) atoms. The number of nitrogens with zero attached hydrogens (tertiary/aromatic N) is 2. The van der Waals surface area contributed by atoms with Gasteiger partial charge in [0.15, 0.2) is 0 Å². The standard InChI is InChI=1S/C25H23N3O3/c1-16-12-17(2)14-20(13-16)27-23-22(19-4-6-21(31-3)7-5-19)24(29)28(25(23)30)15-18-8-10-26-11-9-18/h4-14,27H,15H2,1-3H3. The van der Waals surface area contributed by atoms with Crippen molar-refractivity contribution in [2.75, 3.05) is 12.4 Å². The van der Waals surface area contributed by atoms with E-state index in [0.29, 0.717) is 16.9 Å². The number of aryl methyl sites for hydroxylation is 2. The second-order valence-electron chi connectivity index (χ2n) is 7.53. The third-order valence-electron chi connectivity index (χ3n) is 5.13. The topological polar surface area (TPSA) is 71.5 Å². The summed E-state index contributed by atoms with van der Waals surface area (Å²) in [7, 11) is 1.59. The summed E-state index contributed by atoms with van der Waals surface area (Å²) in [5.74, 6) is -0.00998. The summed E-state index contributed by atoms with van der Waals surface area (Å²) >= 11 is 0. The molecule has 4 rings (SSSR count). The van der Waals surface area contributed by atoms with Crippen LogP contribution in [0.25, 0.3) is 5.57 Å². The van der Waals surface area contributed by atoms with E-state index in [1.165, 1.54) is 4.90 Å². The number of hydrogen-bond donors (Lipinski definition) is 1. The number of pyridine rings is 1. The van der Waals surface area contributed by atoms with Gasteiger partial charge in [-0.3, -0.25) is 19.5 Å². The molecule has 1 N–H and O–H groups in total. The molecule has 0 fully saturated rings. The Balaban J connectivity index is 1.76. The van der Waals surface area contributed by atoms with Gasteiger partial charge in [-0.1, -0.05) is 18.2 Å². The fourth-order valence-corrected chi connectivity index (χ4v) is 3.72. The molecule has 2 heterocycles. The van der Waals surface area contributed by atoms with Crippen LogP contribution in [0.3, 0.4) is 0 Å². The second-order valence-corrected chi connectivity index (χ2v) is 7.53. The summed E-state index contributed by atoms with van der Waals surface area (Å²) in [5, 5.41) is 3.22. The quantitative estimate of drug-likeness (QED) is 0.616. The Bertz CT molecular complexity index is 1150. The molecular weight excluding hydrogens is 390 g/mol. The van der Waals surface area contributed by atoms with Crippen molar-refractivity contribution in [2.45, 2.75) is 20.4 Å². The van der Waals surface area contributed by atoms with Gasteiger partial charge in [0.2, 0.25) is 0 Å². The molecule has 6 nitrogen and oxygen atoms in total. The summed E-state index contributed by atoms with van der Waals surface area (Å²) in [6.07, 6.45) is 3.29. The maximum atomic E-state index is 13.4. The summed E-state index contributed by atoms with van der Waals surface area (Å²) in [6, 6.07) is 16.7. The Labute approximate surface area is 181 Å². The molecule has 1 aliphatic rings. The molecule has 6 heteroatoms. The highest BCUT2D eigenvalue weighted by atomic mass is 16.5. The molecule has 0 saturated carbocycles. The summed E-state index contributed by atoms with van der Waals surface area (Å²) in [6.45, 7) is 4.17. The number of ether oxygens (including phenoxy) is 1. The average Bonchev–Trinajstić information content (AvgIpc) is 2.98. The Hall–Kier alpha value is -3.93. The molecule has 156 valence electrons. The molecular formula is C25H23N3O3. The molecule has 0 atom stereocenters. The molecule has 0 bridgehead atoms. The lowest BCUT2D eigenvalue weighted by molar-refractivity contribution is -0.137. The largest absolute Gasteiger partial charge is 0.497 e. The fourth-order valence-electron chi connectivity index (χ4n) is 3.72. The second kappa shape index (κ2) is 8.44. The number of aromatic nitrogens is 1. The zero-order valence-corrected chi connectivity index (χ0v) is 17.7. The average molecular weight is 413 g/mol. The minimum absolute atomic E-state index is 0.178. The number of benzene rings is 2. The monoisotopic (exact) mass is 413 g/mol. The number of carbonyl (C=O) groups excluding carboxylic acids is 2. The van der Waals surface area contributed by atoms with Crippen LogP contribution in [0.4, 0.5) is 5.69 Å². The van der Waals surface area contributed by atoms with Gasteiger partial charge in [0.25, 0.3) is 11.8 Å². The molecule has 3 aromatic rings. The van der Waals surface area contributed by atoms with Crippen molar-refractivity contribution in [3.05, 3.63) is 94.9 Å². The number of anilines is 1. The van der Waals surface area contributed by atoms with Crippen LogP contribution in [0.15, 0.2) is 72.7 Å². The van der Waals surface area contributed by atoms with E-state index in [0.717, 1.165) is 22.4 Å². The Kier molecular flexibility index (Phi) is 5.54. The van der Waals surface area contributed by atoms with E-state index < -0.39 is 0 Å². The molecule has 2 aromatic carbocycles. The maximum Gasteiger partial charge on any atom is 0.278 e. The number of nitrogens with one attached hydrogen (secondary N) is 1. The van der Waals surface area contributed by atoms with Gasteiger partial charge >= 0.3 is 0 Å². The number of amides is 2. The molecule has 0 unspecified atom stereocenters. The normalized spacial score (nSPS) is 13.7. The van der Waals surface area contributed by atoms with E-state index >= 15 is 0 Å². The Morgan fingerprint density at radius 2 is 1.55 bits per heavy atom. The highest BCUT2D eigenvalue weighted by molar-refractivity contribution is 6.36. The van der Waals surface area contributed by atoms with Crippen LogP contribution in [-0.2, 0) is 16.1 Å². The van der Waals surface area contributed by atoms with Crippen molar-refractivity contribution in [1.29, 1.82) is 0 Å². The van der Waals surface area contributed by atoms with E-state index in [-0.39, 0.29) is 24.1 Å². The van der Waals surface area contributed by atoms with Crippen molar-refractivity contribution in [1.82, 2.24) is 9.88 Å². The summed E-state index contributed by atoms with van der Waals surface area (Å²) in [5.41, 5.74) is 5.02. The van der Waals surface area contributed by atoms with Crippen LogP contribution >= 0.6 is 0 Å². The van der Waals surface area contributed by atoms with Crippen LogP contribution in [0.2, 0.25) is 0 Å². The first-order valence-electron chi connectivity index (χ1n) is 9.95. The van der Waals surface area contributed by atoms with Gasteiger partial charge in [-0.15, -0.1) is 0 Å². The highest BCUT2D eigenvalue weighted by Crippen LogP contribution is 2.32. The molecule has 0 spiro atoms. The first-order chi connectivity index (χ1) is 15.0. The highest BCUT2D eigenvalue weighted by Gasteiger charge is 2.39. The number of carbonyl (C=O) groups is 2. The van der Waals surface area contributed by atoms with Crippen LogP contribution in [0.1, 0.15) is 22.3 Å². The smallest absolute Gasteiger partial charge is 0.278 e. The van der Waals surface area contributed by atoms with Crippen molar-refractivity contribution < 1.29 is 14.3 Å². The molecule has 1 aromatic heterocycles. The first-order valence-corrected chi connectivity index (χ1v) is 9.95. The summed E-state index contributed by atoms with van der Waals surface area (Å²) < 4.78 is 5.23. The molecule has 0 saturated heterocycles. The minimum atomic E-state index is -0.355. The van der Waals surface area contributed by atoms with E-state index in [1.54, 1.807) is 55.9 Å². The van der Waals surface area contributed by atoms with Gasteiger partial charge in [0, 0.05) is 18.1 Å². The number of rotatable bonds is 6. The predicted molar refractivity (Wildman–Crippen MR) is 119 cm³/mol. The number of hydrogen-bond acceptors (Lipinski definition) is 5. The first kappa shape index (κ1) is 20.3. The van der Waals surface area contributed by atoms with E-state index in [9.17, 15) is 9.59 Å². The SMILES string of the molecule is COc1ccc(C2=C(Nc3cc(C)cc(C)c3)C(=O)N(Cc3ccncc3)C2=O)cc1. The van der Waals surface area contributed by atoms with Crippen LogP contribution in [0.5, 0.6) is 5.75 Å².